The molecule has 0 aliphatic heterocycles. The van der Waals surface area contributed by atoms with E-state index in [-0.39, 0.29) is 12.1 Å². The van der Waals surface area contributed by atoms with Crippen molar-refractivity contribution < 1.29 is 5.11 Å². The first-order valence-electron chi connectivity index (χ1n) is 5.93. The van der Waals surface area contributed by atoms with Crippen molar-refractivity contribution in [1.82, 2.24) is 9.97 Å². The van der Waals surface area contributed by atoms with Gasteiger partial charge in [0, 0.05) is 19.8 Å². The average Bonchev–Trinajstić information content (AvgIpc) is 2.35. The fraction of sp³-hybridized carbons (Fsp3) is 0.667. The summed E-state index contributed by atoms with van der Waals surface area (Å²) in [6, 6.07) is 1.84. The fourth-order valence-electron chi connectivity index (χ4n) is 1.27. The molecular formula is C12H22N4O. The standard InChI is InChI=1S/C12H22N4O/c1-5-7-13-11-14-8-6-10(15-11)16(4)12(2,3)9-17/h6,8,17H,5,7,9H2,1-4H3,(H,13,14,15). The number of hydrogen-bond acceptors (Lipinski definition) is 5. The first-order chi connectivity index (χ1) is 8.01. The summed E-state index contributed by atoms with van der Waals surface area (Å²) < 4.78 is 0. The van der Waals surface area contributed by atoms with Gasteiger partial charge in [0.25, 0.3) is 0 Å². The number of aromatic nitrogens is 2. The summed E-state index contributed by atoms with van der Waals surface area (Å²) in [4.78, 5) is 10.5. The smallest absolute Gasteiger partial charge is 0.224 e. The quantitative estimate of drug-likeness (QED) is 0.786. The Bertz CT molecular complexity index is 354. The van der Waals surface area contributed by atoms with Crippen LogP contribution in [0.2, 0.25) is 0 Å². The highest BCUT2D eigenvalue weighted by molar-refractivity contribution is 5.44. The Labute approximate surface area is 103 Å². The maximum absolute atomic E-state index is 9.34. The Morgan fingerprint density at radius 2 is 2.18 bits per heavy atom. The largest absolute Gasteiger partial charge is 0.394 e. The molecule has 0 bridgehead atoms. The second-order valence-corrected chi connectivity index (χ2v) is 4.69. The molecule has 1 heterocycles. The van der Waals surface area contributed by atoms with Gasteiger partial charge in [-0.2, -0.15) is 4.98 Å². The van der Waals surface area contributed by atoms with Crippen molar-refractivity contribution in [3.05, 3.63) is 12.3 Å². The zero-order valence-electron chi connectivity index (χ0n) is 11.1. The van der Waals surface area contributed by atoms with E-state index in [2.05, 4.69) is 22.2 Å². The monoisotopic (exact) mass is 238 g/mol. The van der Waals surface area contributed by atoms with E-state index < -0.39 is 0 Å². The molecule has 0 amide bonds. The molecule has 2 N–H and O–H groups in total. The van der Waals surface area contributed by atoms with Gasteiger partial charge in [-0.3, -0.25) is 0 Å². The van der Waals surface area contributed by atoms with Crippen molar-refractivity contribution >= 4 is 11.8 Å². The van der Waals surface area contributed by atoms with Crippen LogP contribution in [-0.2, 0) is 0 Å². The lowest BCUT2D eigenvalue weighted by Crippen LogP contribution is -2.44. The third kappa shape index (κ3) is 3.56. The van der Waals surface area contributed by atoms with Gasteiger partial charge in [-0.25, -0.2) is 4.98 Å². The number of hydrogen-bond donors (Lipinski definition) is 2. The van der Waals surface area contributed by atoms with Gasteiger partial charge >= 0.3 is 0 Å². The van der Waals surface area contributed by atoms with Gasteiger partial charge in [0.15, 0.2) is 0 Å². The van der Waals surface area contributed by atoms with Gasteiger partial charge < -0.3 is 15.3 Å². The van der Waals surface area contributed by atoms with Gasteiger partial charge in [0.2, 0.25) is 5.95 Å². The highest BCUT2D eigenvalue weighted by Crippen LogP contribution is 2.20. The molecule has 96 valence electrons. The Balaban J connectivity index is 2.84. The molecule has 1 rings (SSSR count). The summed E-state index contributed by atoms with van der Waals surface area (Å²) in [6.07, 6.45) is 2.76. The molecule has 0 saturated carbocycles. The Hall–Kier alpha value is -1.36. The minimum atomic E-state index is -0.337. The van der Waals surface area contributed by atoms with Gasteiger partial charge in [0.1, 0.15) is 5.82 Å². The normalized spacial score (nSPS) is 11.4. The van der Waals surface area contributed by atoms with Crippen molar-refractivity contribution in [2.24, 2.45) is 0 Å². The van der Waals surface area contributed by atoms with Crippen LogP contribution >= 0.6 is 0 Å². The van der Waals surface area contributed by atoms with Crippen LogP contribution in [0.3, 0.4) is 0 Å². The van der Waals surface area contributed by atoms with E-state index in [0.29, 0.717) is 5.95 Å². The minimum Gasteiger partial charge on any atom is -0.394 e. The van der Waals surface area contributed by atoms with Crippen LogP contribution in [0.5, 0.6) is 0 Å². The lowest BCUT2D eigenvalue weighted by atomic mass is 10.1. The van der Waals surface area contributed by atoms with Crippen LogP contribution in [0.1, 0.15) is 27.2 Å². The van der Waals surface area contributed by atoms with Gasteiger partial charge in [-0.15, -0.1) is 0 Å². The molecule has 0 aliphatic rings. The number of rotatable bonds is 6. The van der Waals surface area contributed by atoms with Crippen molar-refractivity contribution in [3.63, 3.8) is 0 Å². The summed E-state index contributed by atoms with van der Waals surface area (Å²) in [5.41, 5.74) is -0.337. The Morgan fingerprint density at radius 1 is 1.47 bits per heavy atom. The zero-order valence-corrected chi connectivity index (χ0v) is 11.1. The second kappa shape index (κ2) is 5.82. The van der Waals surface area contributed by atoms with E-state index in [9.17, 15) is 5.11 Å². The zero-order chi connectivity index (χ0) is 12.9. The van der Waals surface area contributed by atoms with E-state index in [4.69, 9.17) is 0 Å². The molecule has 5 nitrogen and oxygen atoms in total. The lowest BCUT2D eigenvalue weighted by Gasteiger charge is -2.34. The van der Waals surface area contributed by atoms with Gasteiger partial charge in [0.05, 0.1) is 12.1 Å². The fourth-order valence-corrected chi connectivity index (χ4v) is 1.27. The first kappa shape index (κ1) is 13.7. The highest BCUT2D eigenvalue weighted by Gasteiger charge is 2.23. The summed E-state index contributed by atoms with van der Waals surface area (Å²) >= 11 is 0. The number of nitrogens with zero attached hydrogens (tertiary/aromatic N) is 3. The maximum atomic E-state index is 9.34. The number of aliphatic hydroxyl groups excluding tert-OH is 1. The van der Waals surface area contributed by atoms with Crippen molar-refractivity contribution in [1.29, 1.82) is 0 Å². The van der Waals surface area contributed by atoms with Gasteiger partial charge in [-0.05, 0) is 26.3 Å². The molecule has 0 saturated heterocycles. The Morgan fingerprint density at radius 3 is 2.76 bits per heavy atom. The first-order valence-corrected chi connectivity index (χ1v) is 5.93. The highest BCUT2D eigenvalue weighted by atomic mass is 16.3. The minimum absolute atomic E-state index is 0.0746. The summed E-state index contributed by atoms with van der Waals surface area (Å²) in [5.74, 6) is 1.43. The molecule has 1 aromatic rings. The van der Waals surface area contributed by atoms with E-state index in [1.54, 1.807) is 6.20 Å². The second-order valence-electron chi connectivity index (χ2n) is 4.69. The predicted octanol–water partition coefficient (Wildman–Crippen LogP) is 1.51. The molecule has 1 aromatic heterocycles. The summed E-state index contributed by atoms with van der Waals surface area (Å²) in [5, 5.41) is 12.5. The van der Waals surface area contributed by atoms with Crippen molar-refractivity contribution in [2.75, 3.05) is 30.4 Å². The molecule has 0 spiro atoms. The molecule has 0 aromatic carbocycles. The number of likely N-dealkylation sites (N-methyl/N-ethyl adjacent to an activating group) is 1. The SMILES string of the molecule is CCCNc1nccc(N(C)C(C)(C)CO)n1. The number of nitrogens with one attached hydrogen (secondary N) is 1. The van der Waals surface area contributed by atoms with Crippen LogP contribution in [0.25, 0.3) is 0 Å². The number of aliphatic hydroxyl groups is 1. The van der Waals surface area contributed by atoms with Gasteiger partial charge in [-0.1, -0.05) is 6.92 Å². The molecule has 0 fully saturated rings. The summed E-state index contributed by atoms with van der Waals surface area (Å²) in [6.45, 7) is 6.96. The van der Waals surface area contributed by atoms with Crippen LogP contribution in [0.15, 0.2) is 12.3 Å². The molecule has 17 heavy (non-hydrogen) atoms. The molecular weight excluding hydrogens is 216 g/mol. The molecule has 0 unspecified atom stereocenters. The van der Waals surface area contributed by atoms with E-state index in [0.717, 1.165) is 18.8 Å². The average molecular weight is 238 g/mol. The Kier molecular flexibility index (Phi) is 4.69. The van der Waals surface area contributed by atoms with Crippen LogP contribution in [0, 0.1) is 0 Å². The molecule has 0 radical (unpaired) electrons. The van der Waals surface area contributed by atoms with E-state index in [1.807, 2.05) is 31.9 Å². The third-order valence-corrected chi connectivity index (χ3v) is 2.81. The molecule has 0 atom stereocenters. The number of anilines is 2. The topological polar surface area (TPSA) is 61.3 Å². The molecule has 5 heteroatoms. The van der Waals surface area contributed by atoms with Crippen LogP contribution in [-0.4, -0.2) is 40.8 Å². The van der Waals surface area contributed by atoms with E-state index >= 15 is 0 Å². The van der Waals surface area contributed by atoms with Crippen molar-refractivity contribution in [3.8, 4) is 0 Å². The van der Waals surface area contributed by atoms with E-state index in [1.165, 1.54) is 0 Å². The summed E-state index contributed by atoms with van der Waals surface area (Å²) in [7, 11) is 1.92. The van der Waals surface area contributed by atoms with Crippen molar-refractivity contribution in [2.45, 2.75) is 32.7 Å². The van der Waals surface area contributed by atoms with Crippen LogP contribution < -0.4 is 10.2 Å². The van der Waals surface area contributed by atoms with Crippen LogP contribution in [0.4, 0.5) is 11.8 Å². The lowest BCUT2D eigenvalue weighted by molar-refractivity contribution is 0.215. The third-order valence-electron chi connectivity index (χ3n) is 2.81. The maximum Gasteiger partial charge on any atom is 0.224 e. The predicted molar refractivity (Wildman–Crippen MR) is 70.4 cm³/mol. The molecule has 0 aliphatic carbocycles.